The number of rotatable bonds is 6. The lowest BCUT2D eigenvalue weighted by molar-refractivity contribution is 0.103. The molecule has 1 aromatic rings. The summed E-state index contributed by atoms with van der Waals surface area (Å²) in [5.74, 6) is 0.782. The molecule has 0 bridgehead atoms. The molecule has 0 spiro atoms. The monoisotopic (exact) mass is 223 g/mol. The summed E-state index contributed by atoms with van der Waals surface area (Å²) in [6, 6.07) is 7.73. The van der Waals surface area contributed by atoms with Gasteiger partial charge in [0.25, 0.3) is 0 Å². The molecule has 90 valence electrons. The van der Waals surface area contributed by atoms with Gasteiger partial charge in [0.05, 0.1) is 6.10 Å². The molecule has 2 unspecified atom stereocenters. The number of aliphatic hydroxyl groups excluding tert-OH is 1. The van der Waals surface area contributed by atoms with E-state index in [0.29, 0.717) is 13.0 Å². The van der Waals surface area contributed by atoms with Crippen molar-refractivity contribution in [1.29, 1.82) is 0 Å². The van der Waals surface area contributed by atoms with Gasteiger partial charge in [-0.3, -0.25) is 0 Å². The highest BCUT2D eigenvalue weighted by molar-refractivity contribution is 5.35. The molecule has 3 nitrogen and oxygen atoms in total. The van der Waals surface area contributed by atoms with E-state index >= 15 is 0 Å². The van der Waals surface area contributed by atoms with Gasteiger partial charge in [0, 0.05) is 11.6 Å². The van der Waals surface area contributed by atoms with Crippen molar-refractivity contribution in [3.63, 3.8) is 0 Å². The third-order valence-corrected chi connectivity index (χ3v) is 2.66. The minimum absolute atomic E-state index is 0.00466. The Labute approximate surface area is 97.2 Å². The fourth-order valence-corrected chi connectivity index (χ4v) is 1.44. The highest BCUT2D eigenvalue weighted by Gasteiger charge is 2.10. The Morgan fingerprint density at radius 3 is 2.56 bits per heavy atom. The number of nitrogens with two attached hydrogens (primary N) is 1. The lowest BCUT2D eigenvalue weighted by Crippen LogP contribution is -2.18. The molecule has 0 aliphatic carbocycles. The van der Waals surface area contributed by atoms with Crippen molar-refractivity contribution < 1.29 is 9.84 Å². The summed E-state index contributed by atoms with van der Waals surface area (Å²) >= 11 is 0. The van der Waals surface area contributed by atoms with E-state index in [1.165, 1.54) is 0 Å². The highest BCUT2D eigenvalue weighted by Crippen LogP contribution is 2.25. The number of hydrogen-bond donors (Lipinski definition) is 2. The Bertz CT molecular complexity index is 315. The van der Waals surface area contributed by atoms with E-state index in [0.717, 1.165) is 17.7 Å². The highest BCUT2D eigenvalue weighted by atomic mass is 16.5. The number of aliphatic hydroxyl groups is 1. The van der Waals surface area contributed by atoms with Crippen molar-refractivity contribution in [2.24, 2.45) is 5.73 Å². The Balaban J connectivity index is 2.71. The van der Waals surface area contributed by atoms with Crippen LogP contribution in [-0.2, 0) is 0 Å². The van der Waals surface area contributed by atoms with Crippen LogP contribution in [0.5, 0.6) is 5.75 Å². The largest absolute Gasteiger partial charge is 0.491 e. The molecule has 0 saturated carbocycles. The number of benzene rings is 1. The predicted molar refractivity (Wildman–Crippen MR) is 65.5 cm³/mol. The first-order chi connectivity index (χ1) is 7.69. The second kappa shape index (κ2) is 6.51. The molecule has 0 heterocycles. The average molecular weight is 223 g/mol. The van der Waals surface area contributed by atoms with E-state index in [1.807, 2.05) is 38.1 Å². The second-order valence-electron chi connectivity index (χ2n) is 3.93. The topological polar surface area (TPSA) is 55.5 Å². The summed E-state index contributed by atoms with van der Waals surface area (Å²) in [5.41, 5.74) is 7.00. The van der Waals surface area contributed by atoms with Crippen LogP contribution >= 0.6 is 0 Å². The molecule has 0 amide bonds. The maximum Gasteiger partial charge on any atom is 0.124 e. The van der Waals surface area contributed by atoms with Crippen molar-refractivity contribution in [2.75, 3.05) is 6.61 Å². The van der Waals surface area contributed by atoms with Gasteiger partial charge in [-0.15, -0.1) is 0 Å². The van der Waals surface area contributed by atoms with Gasteiger partial charge in [-0.25, -0.2) is 0 Å². The van der Waals surface area contributed by atoms with E-state index in [9.17, 15) is 5.11 Å². The molecule has 3 heteroatoms. The van der Waals surface area contributed by atoms with Crippen molar-refractivity contribution >= 4 is 0 Å². The fraction of sp³-hybridized carbons (Fsp3) is 0.538. The van der Waals surface area contributed by atoms with Crippen LogP contribution in [-0.4, -0.2) is 17.8 Å². The van der Waals surface area contributed by atoms with Gasteiger partial charge in [0.2, 0.25) is 0 Å². The van der Waals surface area contributed by atoms with Crippen LogP contribution in [0.15, 0.2) is 24.3 Å². The van der Waals surface area contributed by atoms with Crippen molar-refractivity contribution in [3.05, 3.63) is 29.8 Å². The molecule has 0 saturated heterocycles. The zero-order chi connectivity index (χ0) is 12.0. The molecule has 0 aromatic heterocycles. The first kappa shape index (κ1) is 13.0. The Kier molecular flexibility index (Phi) is 5.29. The van der Waals surface area contributed by atoms with Gasteiger partial charge < -0.3 is 15.6 Å². The normalized spacial score (nSPS) is 14.5. The van der Waals surface area contributed by atoms with Crippen LogP contribution < -0.4 is 10.5 Å². The van der Waals surface area contributed by atoms with Crippen molar-refractivity contribution in [1.82, 2.24) is 0 Å². The summed E-state index contributed by atoms with van der Waals surface area (Å²) in [4.78, 5) is 0. The molecule has 3 N–H and O–H groups in total. The van der Waals surface area contributed by atoms with E-state index in [-0.39, 0.29) is 6.04 Å². The Morgan fingerprint density at radius 1 is 1.25 bits per heavy atom. The summed E-state index contributed by atoms with van der Waals surface area (Å²) in [6.45, 7) is 4.30. The van der Waals surface area contributed by atoms with Crippen LogP contribution in [0.2, 0.25) is 0 Å². The zero-order valence-corrected chi connectivity index (χ0v) is 10.0. The van der Waals surface area contributed by atoms with Gasteiger partial charge in [0.15, 0.2) is 0 Å². The minimum Gasteiger partial charge on any atom is -0.491 e. The molecule has 2 atom stereocenters. The lowest BCUT2D eigenvalue weighted by atomic mass is 10.0. The molecule has 1 rings (SSSR count). The van der Waals surface area contributed by atoms with Gasteiger partial charge in [-0.2, -0.15) is 0 Å². The number of hydrogen-bond acceptors (Lipinski definition) is 3. The molecule has 0 fully saturated rings. The maximum absolute atomic E-state index is 9.45. The first-order valence-corrected chi connectivity index (χ1v) is 5.84. The quantitative estimate of drug-likeness (QED) is 0.777. The molecule has 16 heavy (non-hydrogen) atoms. The average Bonchev–Trinajstić information content (AvgIpc) is 2.35. The standard InChI is InChI=1S/C13H21NO2/c1-3-10(15)9-16-13-8-6-5-7-11(13)12(14)4-2/h5-8,10,12,15H,3-4,9,14H2,1-2H3. The predicted octanol–water partition coefficient (Wildman–Crippen LogP) is 2.25. The Morgan fingerprint density at radius 2 is 1.94 bits per heavy atom. The molecule has 0 aliphatic heterocycles. The summed E-state index contributed by atoms with van der Waals surface area (Å²) < 4.78 is 5.58. The van der Waals surface area contributed by atoms with E-state index in [4.69, 9.17) is 10.5 Å². The van der Waals surface area contributed by atoms with Crippen LogP contribution in [0.25, 0.3) is 0 Å². The van der Waals surface area contributed by atoms with Gasteiger partial charge in [0.1, 0.15) is 12.4 Å². The molecule has 0 aliphatic rings. The lowest BCUT2D eigenvalue weighted by Gasteiger charge is -2.17. The van der Waals surface area contributed by atoms with Crippen molar-refractivity contribution in [3.8, 4) is 5.75 Å². The molecular formula is C13H21NO2. The first-order valence-electron chi connectivity index (χ1n) is 5.84. The SMILES string of the molecule is CCC(O)COc1ccccc1C(N)CC. The summed E-state index contributed by atoms with van der Waals surface area (Å²) in [7, 11) is 0. The van der Waals surface area contributed by atoms with Gasteiger partial charge in [-0.05, 0) is 18.9 Å². The molecule has 0 radical (unpaired) electrons. The van der Waals surface area contributed by atoms with Crippen LogP contribution in [0.3, 0.4) is 0 Å². The minimum atomic E-state index is -0.411. The summed E-state index contributed by atoms with van der Waals surface area (Å²) in [6.07, 6.45) is 1.16. The van der Waals surface area contributed by atoms with E-state index < -0.39 is 6.10 Å². The molecule has 1 aromatic carbocycles. The van der Waals surface area contributed by atoms with Crippen LogP contribution in [0.4, 0.5) is 0 Å². The van der Waals surface area contributed by atoms with E-state index in [2.05, 4.69) is 0 Å². The van der Waals surface area contributed by atoms with Gasteiger partial charge in [-0.1, -0.05) is 32.0 Å². The van der Waals surface area contributed by atoms with Crippen molar-refractivity contribution in [2.45, 2.75) is 38.8 Å². The third kappa shape index (κ3) is 3.51. The third-order valence-electron chi connectivity index (χ3n) is 2.66. The summed E-state index contributed by atoms with van der Waals surface area (Å²) in [5, 5.41) is 9.45. The van der Waals surface area contributed by atoms with Crippen LogP contribution in [0, 0.1) is 0 Å². The number of ether oxygens (including phenoxy) is 1. The molecular weight excluding hydrogens is 202 g/mol. The van der Waals surface area contributed by atoms with Gasteiger partial charge >= 0.3 is 0 Å². The Hall–Kier alpha value is -1.06. The fourth-order valence-electron chi connectivity index (χ4n) is 1.44. The second-order valence-corrected chi connectivity index (χ2v) is 3.93. The smallest absolute Gasteiger partial charge is 0.124 e. The number of para-hydroxylation sites is 1. The maximum atomic E-state index is 9.45. The zero-order valence-electron chi connectivity index (χ0n) is 10.0. The van der Waals surface area contributed by atoms with Crippen LogP contribution in [0.1, 0.15) is 38.3 Å². The van der Waals surface area contributed by atoms with E-state index in [1.54, 1.807) is 0 Å².